The summed E-state index contributed by atoms with van der Waals surface area (Å²) >= 11 is 0. The van der Waals surface area contributed by atoms with E-state index in [2.05, 4.69) is 9.71 Å². The summed E-state index contributed by atoms with van der Waals surface area (Å²) in [4.78, 5) is 30.3. The van der Waals surface area contributed by atoms with Crippen LogP contribution in [0.15, 0.2) is 59.5 Å². The Labute approximate surface area is 214 Å². The van der Waals surface area contributed by atoms with Crippen molar-refractivity contribution in [1.29, 1.82) is 0 Å². The topological polar surface area (TPSA) is 138 Å². The highest BCUT2D eigenvalue weighted by Gasteiger charge is 2.51. The number of carbonyl (C=O) groups excluding carboxylic acids is 2. The fraction of sp³-hybridized carbons (Fsp3) is 0.346. The molecular formula is C26H28N4O6S. The molecule has 1 aromatic heterocycles. The van der Waals surface area contributed by atoms with Crippen molar-refractivity contribution < 1.29 is 28.0 Å². The zero-order valence-corrected chi connectivity index (χ0v) is 21.1. The Hall–Kier alpha value is -3.54. The first-order valence-corrected chi connectivity index (χ1v) is 13.5. The third-order valence-corrected chi connectivity index (χ3v) is 8.25. The number of pyridine rings is 1. The molecule has 11 heteroatoms. The van der Waals surface area contributed by atoms with Crippen LogP contribution >= 0.6 is 0 Å². The average Bonchev–Trinajstić information content (AvgIpc) is 3.70. The van der Waals surface area contributed by atoms with Crippen LogP contribution in [0.4, 0.5) is 0 Å². The molecule has 2 fully saturated rings. The predicted molar refractivity (Wildman–Crippen MR) is 134 cm³/mol. The minimum Gasteiger partial charge on any atom is -0.489 e. The number of nitrogens with one attached hydrogen (secondary N) is 2. The molecule has 3 N–H and O–H groups in total. The molecule has 37 heavy (non-hydrogen) atoms. The number of benzene rings is 2. The van der Waals surface area contributed by atoms with Gasteiger partial charge in [-0.2, -0.15) is 0 Å². The van der Waals surface area contributed by atoms with Gasteiger partial charge in [-0.05, 0) is 56.2 Å². The van der Waals surface area contributed by atoms with Gasteiger partial charge in [-0.1, -0.05) is 18.2 Å². The van der Waals surface area contributed by atoms with Crippen molar-refractivity contribution in [2.75, 3.05) is 13.1 Å². The number of sulfonamides is 1. The molecular weight excluding hydrogens is 496 g/mol. The lowest BCUT2D eigenvalue weighted by atomic mass is 9.86. The number of hydrogen-bond donors (Lipinski definition) is 3. The number of rotatable bonds is 9. The number of carbonyl (C=O) groups is 2. The molecule has 1 aliphatic heterocycles. The second-order valence-electron chi connectivity index (χ2n) is 9.77. The molecule has 1 saturated heterocycles. The molecule has 5 rings (SSSR count). The lowest BCUT2D eigenvalue weighted by Crippen LogP contribution is -2.72. The normalized spacial score (nSPS) is 16.8. The number of likely N-dealkylation sites (tertiary alicyclic amines) is 1. The lowest BCUT2D eigenvalue weighted by Gasteiger charge is -2.49. The number of ether oxygens (including phenoxy) is 1. The van der Waals surface area contributed by atoms with E-state index >= 15 is 0 Å². The summed E-state index contributed by atoms with van der Waals surface area (Å²) in [6.07, 6.45) is 1.37. The van der Waals surface area contributed by atoms with Gasteiger partial charge in [0.2, 0.25) is 21.8 Å². The first-order chi connectivity index (χ1) is 17.7. The fourth-order valence-corrected chi connectivity index (χ4v) is 6.11. The van der Waals surface area contributed by atoms with Gasteiger partial charge in [-0.25, -0.2) is 18.6 Å². The van der Waals surface area contributed by atoms with Crippen molar-refractivity contribution in [3.63, 3.8) is 0 Å². The smallest absolute Gasteiger partial charge is 0.245 e. The molecule has 10 nitrogen and oxygen atoms in total. The summed E-state index contributed by atoms with van der Waals surface area (Å²) in [5, 5.41) is 9.96. The number of hydrogen-bond acceptors (Lipinski definition) is 7. The minimum absolute atomic E-state index is 0.000747. The summed E-state index contributed by atoms with van der Waals surface area (Å²) in [6.45, 7) is 2.34. The van der Waals surface area contributed by atoms with Gasteiger partial charge in [-0.15, -0.1) is 0 Å². The SMILES string of the molecule is Cc1cc(COc2ccc(S(=O)(=O)NC3(CC(=O)NO)CN(C(=O)C4CC4)C3)cc2)c2ccccc2n1. The predicted octanol–water partition coefficient (Wildman–Crippen LogP) is 2.29. The van der Waals surface area contributed by atoms with E-state index in [1.54, 1.807) is 22.5 Å². The number of fused-ring (bicyclic) bond motifs is 1. The largest absolute Gasteiger partial charge is 0.489 e. The van der Waals surface area contributed by atoms with Crippen LogP contribution in [0.25, 0.3) is 10.9 Å². The molecule has 0 spiro atoms. The Kier molecular flexibility index (Phi) is 6.61. The van der Waals surface area contributed by atoms with Gasteiger partial charge in [-0.3, -0.25) is 19.8 Å². The summed E-state index contributed by atoms with van der Waals surface area (Å²) < 4.78 is 34.8. The Morgan fingerprint density at radius 1 is 1.14 bits per heavy atom. The number of hydroxylamine groups is 1. The van der Waals surface area contributed by atoms with Crippen LogP contribution in [0.3, 0.4) is 0 Å². The monoisotopic (exact) mass is 524 g/mol. The van der Waals surface area contributed by atoms with E-state index in [1.807, 2.05) is 37.3 Å². The van der Waals surface area contributed by atoms with Crippen molar-refractivity contribution in [1.82, 2.24) is 20.1 Å². The first kappa shape index (κ1) is 25.1. The third-order valence-electron chi connectivity index (χ3n) is 6.66. The molecule has 2 aliphatic rings. The first-order valence-electron chi connectivity index (χ1n) is 12.0. The molecule has 2 amide bonds. The van der Waals surface area contributed by atoms with Crippen molar-refractivity contribution in [3.8, 4) is 5.75 Å². The van der Waals surface area contributed by atoms with Crippen LogP contribution in [-0.2, 0) is 26.2 Å². The van der Waals surface area contributed by atoms with E-state index in [1.165, 1.54) is 12.1 Å². The standard InChI is InChI=1S/C26H28N4O6S/c1-17-12-19(22-4-2-3-5-23(22)27-17)14-36-20-8-10-21(11-9-20)37(34,35)29-26(13-24(31)28-33)15-30(16-26)25(32)18-6-7-18/h2-5,8-12,18,29,33H,6-7,13-16H2,1H3,(H,28,31). The van der Waals surface area contributed by atoms with Gasteiger partial charge >= 0.3 is 0 Å². The van der Waals surface area contributed by atoms with Gasteiger partial charge < -0.3 is 9.64 Å². The Bertz CT molecular complexity index is 1450. The highest BCUT2D eigenvalue weighted by atomic mass is 32.2. The second kappa shape index (κ2) is 9.73. The van der Waals surface area contributed by atoms with Crippen LogP contribution in [0, 0.1) is 12.8 Å². The quantitative estimate of drug-likeness (QED) is 0.288. The maximum atomic E-state index is 13.2. The minimum atomic E-state index is -4.02. The molecule has 0 bridgehead atoms. The zero-order chi connectivity index (χ0) is 26.2. The van der Waals surface area contributed by atoms with Gasteiger partial charge in [0.1, 0.15) is 12.4 Å². The maximum absolute atomic E-state index is 13.2. The molecule has 1 aliphatic carbocycles. The number of aromatic nitrogens is 1. The van der Waals surface area contributed by atoms with Crippen molar-refractivity contribution in [2.24, 2.45) is 5.92 Å². The van der Waals surface area contributed by atoms with E-state index in [9.17, 15) is 18.0 Å². The van der Waals surface area contributed by atoms with Gasteiger partial charge in [0.05, 0.1) is 22.4 Å². The highest BCUT2D eigenvalue weighted by molar-refractivity contribution is 7.89. The Morgan fingerprint density at radius 2 is 1.84 bits per heavy atom. The summed E-state index contributed by atoms with van der Waals surface area (Å²) in [7, 11) is -4.02. The summed E-state index contributed by atoms with van der Waals surface area (Å²) in [6, 6.07) is 15.8. The summed E-state index contributed by atoms with van der Waals surface area (Å²) in [5.74, 6) is -0.277. The van der Waals surface area contributed by atoms with Crippen molar-refractivity contribution >= 4 is 32.7 Å². The molecule has 2 heterocycles. The Balaban J connectivity index is 1.27. The molecule has 194 valence electrons. The lowest BCUT2D eigenvalue weighted by molar-refractivity contribution is -0.144. The van der Waals surface area contributed by atoms with Crippen LogP contribution in [-0.4, -0.2) is 54.0 Å². The molecule has 2 aromatic carbocycles. The van der Waals surface area contributed by atoms with Crippen molar-refractivity contribution in [3.05, 3.63) is 65.9 Å². The number of nitrogens with zero attached hydrogens (tertiary/aromatic N) is 2. The van der Waals surface area contributed by atoms with Crippen molar-refractivity contribution in [2.45, 2.75) is 43.2 Å². The highest BCUT2D eigenvalue weighted by Crippen LogP contribution is 2.36. The average molecular weight is 525 g/mol. The van der Waals surface area contributed by atoms with Crippen LogP contribution in [0.2, 0.25) is 0 Å². The number of para-hydroxylation sites is 1. The van der Waals surface area contributed by atoms with Crippen LogP contribution < -0.4 is 14.9 Å². The Morgan fingerprint density at radius 3 is 2.51 bits per heavy atom. The van der Waals surface area contributed by atoms with E-state index < -0.39 is 21.5 Å². The van der Waals surface area contributed by atoms with Gasteiger partial charge in [0.15, 0.2) is 0 Å². The number of amides is 2. The fourth-order valence-electron chi connectivity index (χ4n) is 4.72. The van der Waals surface area contributed by atoms with Crippen LogP contribution in [0.5, 0.6) is 5.75 Å². The van der Waals surface area contributed by atoms with Gasteiger partial charge in [0, 0.05) is 35.7 Å². The molecule has 0 atom stereocenters. The molecule has 0 unspecified atom stereocenters. The van der Waals surface area contributed by atoms with E-state index in [4.69, 9.17) is 9.94 Å². The third kappa shape index (κ3) is 5.43. The van der Waals surface area contributed by atoms with Gasteiger partial charge in [0.25, 0.3) is 0 Å². The second-order valence-corrected chi connectivity index (χ2v) is 11.4. The maximum Gasteiger partial charge on any atom is 0.245 e. The molecule has 1 saturated carbocycles. The van der Waals surface area contributed by atoms with E-state index in [0.717, 1.165) is 35.0 Å². The molecule has 0 radical (unpaired) electrons. The zero-order valence-electron chi connectivity index (χ0n) is 20.3. The number of aryl methyl sites for hydroxylation is 1. The van der Waals surface area contributed by atoms with Crippen LogP contribution in [0.1, 0.15) is 30.5 Å². The van der Waals surface area contributed by atoms with E-state index in [-0.39, 0.29) is 36.2 Å². The molecule has 3 aromatic rings. The summed E-state index contributed by atoms with van der Waals surface area (Å²) in [5.41, 5.74) is 3.09. The van der Waals surface area contributed by atoms with E-state index in [0.29, 0.717) is 12.4 Å².